The van der Waals surface area contributed by atoms with Gasteiger partial charge in [-0.15, -0.1) is 0 Å². The van der Waals surface area contributed by atoms with Crippen LogP contribution in [-0.2, 0) is 16.6 Å². The predicted molar refractivity (Wildman–Crippen MR) is 98.7 cm³/mol. The molecule has 2 aromatic rings. The standard InChI is InChI=1S/C18H19N3O5S/c1-20(27(25,26)17-10-8-16(9-11-17)21(23)24)12-13-2-4-14(5-3-13)18(22)19-15-6-7-15/h2-5,8-11,15H,6-7,12H2,1H3,(H,19,22). The highest BCUT2D eigenvalue weighted by Gasteiger charge is 2.24. The Morgan fingerprint density at radius 2 is 1.74 bits per heavy atom. The first kappa shape index (κ1) is 19.0. The Morgan fingerprint density at radius 1 is 1.15 bits per heavy atom. The van der Waals surface area contributed by atoms with Gasteiger partial charge in [0, 0.05) is 37.3 Å². The third-order valence-corrected chi connectivity index (χ3v) is 6.11. The van der Waals surface area contributed by atoms with E-state index in [0.29, 0.717) is 5.56 Å². The Kier molecular flexibility index (Phi) is 5.24. The SMILES string of the molecule is CN(Cc1ccc(C(=O)NC2CC2)cc1)S(=O)(=O)c1ccc([N+](=O)[O-])cc1. The number of sulfonamides is 1. The van der Waals surface area contributed by atoms with Crippen molar-refractivity contribution in [2.45, 2.75) is 30.3 Å². The van der Waals surface area contributed by atoms with E-state index in [2.05, 4.69) is 5.32 Å². The van der Waals surface area contributed by atoms with Crippen molar-refractivity contribution in [1.29, 1.82) is 0 Å². The lowest BCUT2D eigenvalue weighted by atomic mass is 10.1. The van der Waals surface area contributed by atoms with Crippen molar-refractivity contribution in [2.75, 3.05) is 7.05 Å². The van der Waals surface area contributed by atoms with E-state index in [-0.39, 0.29) is 29.1 Å². The van der Waals surface area contributed by atoms with Crippen molar-refractivity contribution in [3.05, 3.63) is 69.8 Å². The summed E-state index contributed by atoms with van der Waals surface area (Å²) < 4.78 is 26.4. The largest absolute Gasteiger partial charge is 0.349 e. The third kappa shape index (κ3) is 4.50. The predicted octanol–water partition coefficient (Wildman–Crippen LogP) is 2.31. The van der Waals surface area contributed by atoms with Gasteiger partial charge in [0.25, 0.3) is 11.6 Å². The molecule has 0 saturated heterocycles. The summed E-state index contributed by atoms with van der Waals surface area (Å²) in [5.74, 6) is -0.129. The van der Waals surface area contributed by atoms with Gasteiger partial charge in [0.2, 0.25) is 10.0 Å². The van der Waals surface area contributed by atoms with Crippen molar-refractivity contribution in [1.82, 2.24) is 9.62 Å². The average Bonchev–Trinajstić information content (AvgIpc) is 3.46. The summed E-state index contributed by atoms with van der Waals surface area (Å²) in [4.78, 5) is 22.1. The summed E-state index contributed by atoms with van der Waals surface area (Å²) in [6, 6.07) is 11.8. The maximum atomic E-state index is 12.6. The molecular weight excluding hydrogens is 370 g/mol. The highest BCUT2D eigenvalue weighted by Crippen LogP contribution is 2.21. The van der Waals surface area contributed by atoms with Crippen molar-refractivity contribution < 1.29 is 18.1 Å². The molecule has 27 heavy (non-hydrogen) atoms. The van der Waals surface area contributed by atoms with Gasteiger partial charge >= 0.3 is 0 Å². The van der Waals surface area contributed by atoms with E-state index < -0.39 is 14.9 Å². The molecule has 1 fully saturated rings. The van der Waals surface area contributed by atoms with E-state index in [1.165, 1.54) is 19.2 Å². The summed E-state index contributed by atoms with van der Waals surface area (Å²) >= 11 is 0. The number of hydrogen-bond donors (Lipinski definition) is 1. The summed E-state index contributed by atoms with van der Waals surface area (Å²) in [6.07, 6.45) is 2.02. The topological polar surface area (TPSA) is 110 Å². The summed E-state index contributed by atoms with van der Waals surface area (Å²) in [7, 11) is -2.35. The van der Waals surface area contributed by atoms with E-state index in [4.69, 9.17) is 0 Å². The zero-order valence-corrected chi connectivity index (χ0v) is 15.5. The summed E-state index contributed by atoms with van der Waals surface area (Å²) in [5.41, 5.74) is 1.09. The molecular formula is C18H19N3O5S. The highest BCUT2D eigenvalue weighted by atomic mass is 32.2. The zero-order valence-electron chi connectivity index (χ0n) is 14.7. The van der Waals surface area contributed by atoms with Crippen molar-refractivity contribution in [3.8, 4) is 0 Å². The quantitative estimate of drug-likeness (QED) is 0.577. The van der Waals surface area contributed by atoms with Crippen molar-refractivity contribution >= 4 is 21.6 Å². The number of amides is 1. The fourth-order valence-electron chi connectivity index (χ4n) is 2.52. The van der Waals surface area contributed by atoms with E-state index in [1.807, 2.05) is 0 Å². The molecule has 9 heteroatoms. The second kappa shape index (κ2) is 7.45. The van der Waals surface area contributed by atoms with Crippen molar-refractivity contribution in [3.63, 3.8) is 0 Å². The second-order valence-electron chi connectivity index (χ2n) is 6.46. The molecule has 0 radical (unpaired) electrons. The fraction of sp³-hybridized carbons (Fsp3) is 0.278. The highest BCUT2D eigenvalue weighted by molar-refractivity contribution is 7.89. The van der Waals surface area contributed by atoms with Crippen LogP contribution in [0.4, 0.5) is 5.69 Å². The molecule has 0 unspecified atom stereocenters. The number of carbonyl (C=O) groups is 1. The monoisotopic (exact) mass is 389 g/mol. The number of carbonyl (C=O) groups excluding carboxylic acids is 1. The maximum Gasteiger partial charge on any atom is 0.269 e. The van der Waals surface area contributed by atoms with Crippen LogP contribution >= 0.6 is 0 Å². The van der Waals surface area contributed by atoms with Crippen LogP contribution in [0.2, 0.25) is 0 Å². The molecule has 142 valence electrons. The molecule has 1 amide bonds. The molecule has 0 atom stereocenters. The van der Waals surface area contributed by atoms with Gasteiger partial charge in [-0.25, -0.2) is 8.42 Å². The van der Waals surface area contributed by atoms with Crippen LogP contribution in [0.5, 0.6) is 0 Å². The third-order valence-electron chi connectivity index (χ3n) is 4.29. The molecule has 0 bridgehead atoms. The van der Waals surface area contributed by atoms with Gasteiger partial charge in [-0.1, -0.05) is 12.1 Å². The average molecular weight is 389 g/mol. The van der Waals surface area contributed by atoms with Gasteiger partial charge in [0.05, 0.1) is 9.82 Å². The number of nitro benzene ring substituents is 1. The minimum absolute atomic E-state index is 0.0176. The van der Waals surface area contributed by atoms with E-state index in [0.717, 1.165) is 34.8 Å². The van der Waals surface area contributed by atoms with Crippen molar-refractivity contribution in [2.24, 2.45) is 0 Å². The van der Waals surface area contributed by atoms with Gasteiger partial charge < -0.3 is 5.32 Å². The molecule has 0 spiro atoms. The normalized spacial score (nSPS) is 14.1. The molecule has 1 N–H and O–H groups in total. The lowest BCUT2D eigenvalue weighted by Gasteiger charge is -2.17. The van der Waals surface area contributed by atoms with Gasteiger partial charge in [0.1, 0.15) is 0 Å². The number of rotatable bonds is 7. The Labute approximate surface area is 157 Å². The molecule has 1 aliphatic rings. The molecule has 3 rings (SSSR count). The Balaban J connectivity index is 1.68. The van der Waals surface area contributed by atoms with Crippen LogP contribution in [0, 0.1) is 10.1 Å². The molecule has 0 aliphatic heterocycles. The van der Waals surface area contributed by atoms with Crippen LogP contribution in [0.25, 0.3) is 0 Å². The molecule has 1 saturated carbocycles. The lowest BCUT2D eigenvalue weighted by molar-refractivity contribution is -0.384. The number of benzene rings is 2. The smallest absolute Gasteiger partial charge is 0.269 e. The minimum Gasteiger partial charge on any atom is -0.349 e. The number of non-ortho nitro benzene ring substituents is 1. The second-order valence-corrected chi connectivity index (χ2v) is 8.50. The number of nitrogens with one attached hydrogen (secondary N) is 1. The summed E-state index contributed by atoms with van der Waals surface area (Å²) in [6.45, 7) is 0.115. The molecule has 0 heterocycles. The Hall–Kier alpha value is -2.78. The number of nitro groups is 1. The Morgan fingerprint density at radius 3 is 2.26 bits per heavy atom. The maximum absolute atomic E-state index is 12.6. The molecule has 0 aromatic heterocycles. The van der Waals surface area contributed by atoms with Crippen LogP contribution in [-0.4, -0.2) is 36.6 Å². The molecule has 2 aromatic carbocycles. The van der Waals surface area contributed by atoms with Gasteiger partial charge in [-0.2, -0.15) is 4.31 Å². The Bertz CT molecular complexity index is 951. The first-order chi connectivity index (χ1) is 12.8. The van der Waals surface area contributed by atoms with E-state index in [1.54, 1.807) is 24.3 Å². The number of hydrogen-bond acceptors (Lipinski definition) is 5. The first-order valence-electron chi connectivity index (χ1n) is 8.38. The van der Waals surface area contributed by atoms with Crippen LogP contribution < -0.4 is 5.32 Å². The first-order valence-corrected chi connectivity index (χ1v) is 9.82. The van der Waals surface area contributed by atoms with Gasteiger partial charge in [-0.05, 0) is 42.7 Å². The van der Waals surface area contributed by atoms with Crippen LogP contribution in [0.1, 0.15) is 28.8 Å². The zero-order chi connectivity index (χ0) is 19.6. The minimum atomic E-state index is -3.78. The van der Waals surface area contributed by atoms with E-state index in [9.17, 15) is 23.3 Å². The van der Waals surface area contributed by atoms with E-state index >= 15 is 0 Å². The lowest BCUT2D eigenvalue weighted by Crippen LogP contribution is -2.27. The molecule has 8 nitrogen and oxygen atoms in total. The van der Waals surface area contributed by atoms with Gasteiger partial charge in [0.15, 0.2) is 0 Å². The summed E-state index contributed by atoms with van der Waals surface area (Å²) in [5, 5.41) is 13.6. The molecule has 1 aliphatic carbocycles. The van der Waals surface area contributed by atoms with Crippen LogP contribution in [0.3, 0.4) is 0 Å². The van der Waals surface area contributed by atoms with Gasteiger partial charge in [-0.3, -0.25) is 14.9 Å². The number of nitrogens with zero attached hydrogens (tertiary/aromatic N) is 2. The fourth-order valence-corrected chi connectivity index (χ4v) is 3.68. The van der Waals surface area contributed by atoms with Crippen LogP contribution in [0.15, 0.2) is 53.4 Å².